The van der Waals surface area contributed by atoms with Gasteiger partial charge in [-0.3, -0.25) is 0 Å². The zero-order chi connectivity index (χ0) is 18.2. The maximum atomic E-state index is 13.7. The van der Waals surface area contributed by atoms with E-state index in [-0.39, 0.29) is 11.1 Å². The van der Waals surface area contributed by atoms with Crippen LogP contribution in [0.25, 0.3) is 11.1 Å². The van der Waals surface area contributed by atoms with Gasteiger partial charge in [0, 0.05) is 21.2 Å². The molecule has 0 aromatic heterocycles. The highest BCUT2D eigenvalue weighted by Gasteiger charge is 2.47. The Bertz CT molecular complexity index is 817. The molecular weight excluding hydrogens is 367 g/mol. The van der Waals surface area contributed by atoms with Gasteiger partial charge >= 0.3 is 6.18 Å². The molecule has 0 aliphatic heterocycles. The largest absolute Gasteiger partial charge is 0.403 e. The molecule has 25 heavy (non-hydrogen) atoms. The van der Waals surface area contributed by atoms with Crippen molar-refractivity contribution >= 4 is 23.4 Å². The smallest absolute Gasteiger partial charge is 0.399 e. The van der Waals surface area contributed by atoms with Crippen molar-refractivity contribution in [1.82, 2.24) is 0 Å². The van der Waals surface area contributed by atoms with Gasteiger partial charge < -0.3 is 5.73 Å². The molecule has 0 amide bonds. The quantitative estimate of drug-likeness (QED) is 0.480. The van der Waals surface area contributed by atoms with Crippen molar-refractivity contribution in [1.29, 1.82) is 0 Å². The third-order valence-electron chi connectivity index (χ3n) is 4.18. The lowest BCUT2D eigenvalue weighted by Gasteiger charge is -2.18. The van der Waals surface area contributed by atoms with Gasteiger partial charge in [0.05, 0.1) is 0 Å². The van der Waals surface area contributed by atoms with E-state index in [9.17, 15) is 13.2 Å². The second-order valence-corrected chi connectivity index (χ2v) is 7.62. The van der Waals surface area contributed by atoms with Crippen LogP contribution in [-0.4, -0.2) is 11.9 Å². The average molecular weight is 384 g/mol. The van der Waals surface area contributed by atoms with E-state index in [1.807, 2.05) is 0 Å². The molecule has 2 aromatic carbocycles. The molecule has 0 radical (unpaired) electrons. The summed E-state index contributed by atoms with van der Waals surface area (Å²) in [7, 11) is 0. The zero-order valence-electron chi connectivity index (χ0n) is 13.4. The average Bonchev–Trinajstić information content (AvgIpc) is 2.86. The highest BCUT2D eigenvalue weighted by molar-refractivity contribution is 7.99. The van der Waals surface area contributed by atoms with Crippen molar-refractivity contribution in [2.45, 2.75) is 29.8 Å². The fourth-order valence-corrected chi connectivity index (χ4v) is 4.51. The lowest BCUT2D eigenvalue weighted by molar-refractivity contribution is -0.140. The standard InChI is InChI=1S/C19H17ClF3NS/c1-11(24)5-4-8-25-12-9-15-17(16(20)10-12)13-6-2-3-7-14(13)18(15)19(21,22)23/h2-3,6-7,9-10,18H,1,4-5,8,24H2. The Morgan fingerprint density at radius 1 is 1.20 bits per heavy atom. The molecule has 2 N–H and O–H groups in total. The van der Waals surface area contributed by atoms with Gasteiger partial charge in [0.2, 0.25) is 0 Å². The van der Waals surface area contributed by atoms with Gasteiger partial charge in [0.15, 0.2) is 0 Å². The summed E-state index contributed by atoms with van der Waals surface area (Å²) in [6, 6.07) is 9.97. The number of halogens is 4. The van der Waals surface area contributed by atoms with E-state index < -0.39 is 12.1 Å². The van der Waals surface area contributed by atoms with Gasteiger partial charge in [-0.1, -0.05) is 42.4 Å². The summed E-state index contributed by atoms with van der Waals surface area (Å²) in [5.41, 5.74) is 7.73. The molecule has 0 saturated carbocycles. The summed E-state index contributed by atoms with van der Waals surface area (Å²) in [6.45, 7) is 3.64. The first kappa shape index (κ1) is 18.2. The molecule has 0 bridgehead atoms. The van der Waals surface area contributed by atoms with Crippen LogP contribution in [0, 0.1) is 0 Å². The van der Waals surface area contributed by atoms with Gasteiger partial charge in [0.1, 0.15) is 5.92 Å². The van der Waals surface area contributed by atoms with Crippen LogP contribution in [0.1, 0.15) is 29.9 Å². The Balaban J connectivity index is 1.96. The minimum atomic E-state index is -4.36. The summed E-state index contributed by atoms with van der Waals surface area (Å²) in [6.07, 6.45) is -2.84. The highest BCUT2D eigenvalue weighted by atomic mass is 35.5. The molecule has 1 aliphatic carbocycles. The molecule has 2 aromatic rings. The topological polar surface area (TPSA) is 26.0 Å². The number of allylic oxidation sites excluding steroid dienone is 1. The molecule has 132 valence electrons. The summed E-state index contributed by atoms with van der Waals surface area (Å²) in [5, 5.41) is 0.363. The zero-order valence-corrected chi connectivity index (χ0v) is 14.9. The summed E-state index contributed by atoms with van der Waals surface area (Å²) < 4.78 is 41.1. The van der Waals surface area contributed by atoms with Gasteiger partial charge in [-0.05, 0) is 47.4 Å². The van der Waals surface area contributed by atoms with Crippen LogP contribution in [0.2, 0.25) is 5.02 Å². The van der Waals surface area contributed by atoms with E-state index in [0.29, 0.717) is 28.3 Å². The first-order valence-corrected chi connectivity index (χ1v) is 9.21. The first-order chi connectivity index (χ1) is 11.8. The van der Waals surface area contributed by atoms with E-state index in [0.717, 1.165) is 17.1 Å². The third-order valence-corrected chi connectivity index (χ3v) is 5.54. The van der Waals surface area contributed by atoms with E-state index in [1.54, 1.807) is 30.3 Å². The van der Waals surface area contributed by atoms with Crippen LogP contribution < -0.4 is 5.73 Å². The van der Waals surface area contributed by atoms with Crippen molar-refractivity contribution in [3.8, 4) is 11.1 Å². The molecule has 0 saturated heterocycles. The maximum absolute atomic E-state index is 13.7. The molecule has 0 spiro atoms. The lowest BCUT2D eigenvalue weighted by Crippen LogP contribution is -2.19. The van der Waals surface area contributed by atoms with Gasteiger partial charge in [-0.2, -0.15) is 13.2 Å². The Morgan fingerprint density at radius 3 is 2.60 bits per heavy atom. The van der Waals surface area contributed by atoms with E-state index >= 15 is 0 Å². The molecule has 3 rings (SSSR count). The molecule has 0 fully saturated rings. The molecule has 1 unspecified atom stereocenters. The fourth-order valence-electron chi connectivity index (χ4n) is 3.18. The van der Waals surface area contributed by atoms with Crippen molar-refractivity contribution in [2.75, 3.05) is 5.75 Å². The first-order valence-electron chi connectivity index (χ1n) is 7.84. The highest BCUT2D eigenvalue weighted by Crippen LogP contribution is 2.54. The van der Waals surface area contributed by atoms with E-state index in [1.165, 1.54) is 17.8 Å². The van der Waals surface area contributed by atoms with Crippen LogP contribution in [0.3, 0.4) is 0 Å². The Kier molecular flexibility index (Phi) is 5.07. The summed E-state index contributed by atoms with van der Waals surface area (Å²) >= 11 is 7.85. The third kappa shape index (κ3) is 3.67. The number of hydrogen-bond acceptors (Lipinski definition) is 2. The van der Waals surface area contributed by atoms with E-state index in [2.05, 4.69) is 6.58 Å². The second kappa shape index (κ2) is 6.96. The maximum Gasteiger partial charge on any atom is 0.399 e. The summed E-state index contributed by atoms with van der Waals surface area (Å²) in [5.74, 6) is -0.879. The molecule has 1 atom stereocenters. The molecule has 6 heteroatoms. The summed E-state index contributed by atoms with van der Waals surface area (Å²) in [4.78, 5) is 0.744. The lowest BCUT2D eigenvalue weighted by atomic mass is 9.96. The monoisotopic (exact) mass is 383 g/mol. The van der Waals surface area contributed by atoms with Crippen molar-refractivity contribution in [3.63, 3.8) is 0 Å². The minimum absolute atomic E-state index is 0.243. The van der Waals surface area contributed by atoms with Crippen molar-refractivity contribution < 1.29 is 13.2 Å². The predicted octanol–water partition coefficient (Wildman–Crippen LogP) is 6.36. The number of thioether (sulfide) groups is 1. The molecular formula is C19H17ClF3NS. The van der Waals surface area contributed by atoms with Gasteiger partial charge in [-0.15, -0.1) is 11.8 Å². The van der Waals surface area contributed by atoms with Gasteiger partial charge in [0.25, 0.3) is 0 Å². The Labute approximate surface area is 154 Å². The van der Waals surface area contributed by atoms with Crippen molar-refractivity contribution in [3.05, 3.63) is 64.8 Å². The van der Waals surface area contributed by atoms with Crippen LogP contribution in [0.4, 0.5) is 13.2 Å². The number of hydrogen-bond donors (Lipinski definition) is 1. The number of benzene rings is 2. The van der Waals surface area contributed by atoms with Gasteiger partial charge in [-0.25, -0.2) is 0 Å². The molecule has 1 aliphatic rings. The van der Waals surface area contributed by atoms with Crippen molar-refractivity contribution in [2.24, 2.45) is 5.73 Å². The SMILES string of the molecule is C=C(N)CCCSc1cc(Cl)c2c(c1)C(C(F)(F)F)c1ccccc1-2. The number of rotatable bonds is 5. The van der Waals surface area contributed by atoms with Crippen LogP contribution in [0.5, 0.6) is 0 Å². The number of fused-ring (bicyclic) bond motifs is 3. The Hall–Kier alpha value is -1.59. The molecule has 0 heterocycles. The predicted molar refractivity (Wildman–Crippen MR) is 98.1 cm³/mol. The number of nitrogens with two attached hydrogens (primary N) is 1. The molecule has 1 nitrogen and oxygen atoms in total. The Morgan fingerprint density at radius 2 is 1.92 bits per heavy atom. The normalized spacial score (nSPS) is 15.8. The van der Waals surface area contributed by atoms with Crippen LogP contribution >= 0.6 is 23.4 Å². The number of alkyl halides is 3. The minimum Gasteiger partial charge on any atom is -0.403 e. The fraction of sp³-hybridized carbons (Fsp3) is 0.263. The second-order valence-electron chi connectivity index (χ2n) is 6.04. The van der Waals surface area contributed by atoms with Crippen LogP contribution in [-0.2, 0) is 0 Å². The van der Waals surface area contributed by atoms with E-state index in [4.69, 9.17) is 17.3 Å². The van der Waals surface area contributed by atoms with Crippen LogP contribution in [0.15, 0.2) is 53.6 Å².